The molecule has 1 atom stereocenters. The number of hydrogen-bond acceptors (Lipinski definition) is 4. The minimum atomic E-state index is -2.88. The summed E-state index contributed by atoms with van der Waals surface area (Å²) in [5.74, 6) is 0.389. The summed E-state index contributed by atoms with van der Waals surface area (Å²) >= 11 is 5.94. The average molecular weight is 258 g/mol. The molecular weight excluding hydrogens is 238 g/mol. The number of methoxy groups -OCH3 is 1. The molecule has 0 saturated heterocycles. The van der Waals surface area contributed by atoms with Gasteiger partial charge in [0.25, 0.3) is 0 Å². The Hall–Kier alpha value is 0.160. The third-order valence-corrected chi connectivity index (χ3v) is 4.03. The maximum absolute atomic E-state index is 11.2. The van der Waals surface area contributed by atoms with Crippen molar-refractivity contribution in [2.24, 2.45) is 0 Å². The second-order valence-electron chi connectivity index (χ2n) is 3.55. The van der Waals surface area contributed by atoms with Crippen molar-refractivity contribution in [2.45, 2.75) is 12.3 Å². The molecule has 4 nitrogen and oxygen atoms in total. The van der Waals surface area contributed by atoms with Crippen LogP contribution in [0.2, 0.25) is 0 Å². The molecule has 0 heterocycles. The molecule has 0 aromatic heterocycles. The predicted molar refractivity (Wildman–Crippen MR) is 63.3 cm³/mol. The molecule has 1 unspecified atom stereocenters. The van der Waals surface area contributed by atoms with E-state index < -0.39 is 9.84 Å². The lowest BCUT2D eigenvalue weighted by atomic mass is 10.4. The summed E-state index contributed by atoms with van der Waals surface area (Å²) in [6.45, 7) is 3.29. The van der Waals surface area contributed by atoms with Gasteiger partial charge in [-0.3, -0.25) is 0 Å². The number of halogens is 1. The zero-order valence-corrected chi connectivity index (χ0v) is 11.1. The van der Waals surface area contributed by atoms with Crippen LogP contribution in [0.4, 0.5) is 0 Å². The van der Waals surface area contributed by atoms with Gasteiger partial charge in [0.2, 0.25) is 0 Å². The summed E-state index contributed by atoms with van der Waals surface area (Å²) in [5, 5.41) is -0.0932. The van der Waals surface area contributed by atoms with Crippen molar-refractivity contribution >= 4 is 21.4 Å². The van der Waals surface area contributed by atoms with Gasteiger partial charge in [-0.2, -0.15) is 0 Å². The lowest BCUT2D eigenvalue weighted by molar-refractivity contribution is 0.184. The fourth-order valence-electron chi connectivity index (χ4n) is 1.10. The molecule has 0 aliphatic heterocycles. The number of alkyl halides is 1. The van der Waals surface area contributed by atoms with Gasteiger partial charge in [-0.05, 0) is 7.05 Å². The van der Waals surface area contributed by atoms with Crippen LogP contribution >= 0.6 is 11.6 Å². The van der Waals surface area contributed by atoms with Crippen LogP contribution in [0.25, 0.3) is 0 Å². The molecule has 0 aromatic rings. The van der Waals surface area contributed by atoms with Crippen molar-refractivity contribution in [3.8, 4) is 0 Å². The van der Waals surface area contributed by atoms with Gasteiger partial charge in [0.1, 0.15) is 0 Å². The van der Waals surface area contributed by atoms with Crippen molar-refractivity contribution < 1.29 is 13.2 Å². The van der Waals surface area contributed by atoms with E-state index >= 15 is 0 Å². The highest BCUT2D eigenvalue weighted by molar-refractivity contribution is 7.91. The molecule has 0 amide bonds. The smallest absolute Gasteiger partial charge is 0.151 e. The SMILES string of the molecule is CCS(=O)(=O)CCN(C)CC(Cl)COC. The average Bonchev–Trinajstić information content (AvgIpc) is 2.15. The summed E-state index contributed by atoms with van der Waals surface area (Å²) in [5.41, 5.74) is 0. The molecule has 6 heteroatoms. The van der Waals surface area contributed by atoms with Crippen molar-refractivity contribution in [1.29, 1.82) is 0 Å². The lowest BCUT2D eigenvalue weighted by Gasteiger charge is -2.19. The zero-order valence-electron chi connectivity index (χ0n) is 9.57. The Morgan fingerprint density at radius 1 is 1.47 bits per heavy atom. The molecule has 0 fully saturated rings. The van der Waals surface area contributed by atoms with Gasteiger partial charge < -0.3 is 9.64 Å². The molecule has 0 aliphatic carbocycles. The first-order valence-corrected chi connectivity index (χ1v) is 7.19. The Kier molecular flexibility index (Phi) is 7.52. The van der Waals surface area contributed by atoms with Crippen molar-refractivity contribution in [2.75, 3.05) is 45.4 Å². The summed E-state index contributed by atoms with van der Waals surface area (Å²) < 4.78 is 27.4. The topological polar surface area (TPSA) is 46.6 Å². The minimum absolute atomic E-state index is 0.0932. The summed E-state index contributed by atoms with van der Waals surface area (Å²) in [6, 6.07) is 0. The van der Waals surface area contributed by atoms with Gasteiger partial charge in [0.15, 0.2) is 9.84 Å². The van der Waals surface area contributed by atoms with Crippen molar-refractivity contribution in [3.05, 3.63) is 0 Å². The van der Waals surface area contributed by atoms with E-state index in [1.54, 1.807) is 14.0 Å². The molecular formula is C9H20ClNO3S. The molecule has 0 bridgehead atoms. The Balaban J connectivity index is 3.80. The third-order valence-electron chi connectivity index (χ3n) is 2.08. The zero-order chi connectivity index (χ0) is 11.9. The molecule has 0 aliphatic rings. The van der Waals surface area contributed by atoms with Crippen molar-refractivity contribution in [3.63, 3.8) is 0 Å². The van der Waals surface area contributed by atoms with Crippen LogP contribution in [-0.4, -0.2) is 64.1 Å². The number of rotatable bonds is 8. The van der Waals surface area contributed by atoms with Crippen LogP contribution in [-0.2, 0) is 14.6 Å². The highest BCUT2D eigenvalue weighted by Gasteiger charge is 2.12. The predicted octanol–water partition coefficient (Wildman–Crippen LogP) is 0.607. The maximum atomic E-state index is 11.2. The first-order valence-electron chi connectivity index (χ1n) is 4.93. The van der Waals surface area contributed by atoms with E-state index in [4.69, 9.17) is 16.3 Å². The largest absolute Gasteiger partial charge is 0.383 e. The van der Waals surface area contributed by atoms with Crippen LogP contribution in [0, 0.1) is 0 Å². The fourth-order valence-corrected chi connectivity index (χ4v) is 2.34. The minimum Gasteiger partial charge on any atom is -0.383 e. The number of nitrogens with zero attached hydrogens (tertiary/aromatic N) is 1. The molecule has 92 valence electrons. The quantitative estimate of drug-likeness (QED) is 0.598. The van der Waals surface area contributed by atoms with E-state index in [0.717, 1.165) is 0 Å². The number of sulfone groups is 1. The summed E-state index contributed by atoms with van der Waals surface area (Å²) in [7, 11) is 0.573. The molecule has 0 rings (SSSR count). The Morgan fingerprint density at radius 2 is 2.07 bits per heavy atom. The van der Waals surface area contributed by atoms with E-state index in [2.05, 4.69) is 0 Å². The lowest BCUT2D eigenvalue weighted by Crippen LogP contribution is -2.32. The number of hydrogen-bond donors (Lipinski definition) is 0. The highest BCUT2D eigenvalue weighted by atomic mass is 35.5. The maximum Gasteiger partial charge on any atom is 0.151 e. The summed E-state index contributed by atoms with van der Waals surface area (Å²) in [6.07, 6.45) is 0. The van der Waals surface area contributed by atoms with E-state index in [9.17, 15) is 8.42 Å². The molecule has 0 N–H and O–H groups in total. The standard InChI is InChI=1S/C9H20ClNO3S/c1-4-15(12,13)6-5-11(2)7-9(10)8-14-3/h9H,4-8H2,1-3H3. The second kappa shape index (κ2) is 7.44. The van der Waals surface area contributed by atoms with Gasteiger partial charge >= 0.3 is 0 Å². The van der Waals surface area contributed by atoms with E-state index in [1.165, 1.54) is 0 Å². The normalized spacial score (nSPS) is 14.5. The van der Waals surface area contributed by atoms with Gasteiger partial charge in [-0.15, -0.1) is 11.6 Å². The van der Waals surface area contributed by atoms with Crippen LogP contribution < -0.4 is 0 Å². The molecule has 0 spiro atoms. The van der Waals surface area contributed by atoms with Crippen LogP contribution in [0.3, 0.4) is 0 Å². The molecule has 0 radical (unpaired) electrons. The van der Waals surface area contributed by atoms with E-state index in [0.29, 0.717) is 19.7 Å². The molecule has 0 aromatic carbocycles. The van der Waals surface area contributed by atoms with Crippen LogP contribution in [0.1, 0.15) is 6.92 Å². The van der Waals surface area contributed by atoms with Gasteiger partial charge in [0.05, 0.1) is 17.7 Å². The summed E-state index contributed by atoms with van der Waals surface area (Å²) in [4.78, 5) is 1.91. The van der Waals surface area contributed by atoms with Gasteiger partial charge in [0, 0.05) is 26.0 Å². The van der Waals surface area contributed by atoms with Crippen molar-refractivity contribution in [1.82, 2.24) is 4.90 Å². The van der Waals surface area contributed by atoms with Crippen LogP contribution in [0.5, 0.6) is 0 Å². The fraction of sp³-hybridized carbons (Fsp3) is 1.00. The van der Waals surface area contributed by atoms with Gasteiger partial charge in [-0.1, -0.05) is 6.92 Å². The monoisotopic (exact) mass is 257 g/mol. The molecule has 15 heavy (non-hydrogen) atoms. The first kappa shape index (κ1) is 15.2. The Morgan fingerprint density at radius 3 is 2.53 bits per heavy atom. The number of ether oxygens (including phenoxy) is 1. The van der Waals surface area contributed by atoms with Crippen LogP contribution in [0.15, 0.2) is 0 Å². The molecule has 0 saturated carbocycles. The Bertz CT molecular complexity index is 256. The van der Waals surface area contributed by atoms with E-state index in [1.807, 2.05) is 11.9 Å². The highest BCUT2D eigenvalue weighted by Crippen LogP contribution is 2.00. The first-order chi connectivity index (χ1) is 6.91. The van der Waals surface area contributed by atoms with E-state index in [-0.39, 0.29) is 16.9 Å². The third kappa shape index (κ3) is 8.02. The van der Waals surface area contributed by atoms with Gasteiger partial charge in [-0.25, -0.2) is 8.42 Å². The Labute approximate surface area is 97.5 Å². The second-order valence-corrected chi connectivity index (χ2v) is 6.64.